The first-order valence-electron chi connectivity index (χ1n) is 6.67. The van der Waals surface area contributed by atoms with Crippen molar-refractivity contribution >= 4 is 34.8 Å². The van der Waals surface area contributed by atoms with Gasteiger partial charge in [0.2, 0.25) is 5.91 Å². The zero-order chi connectivity index (χ0) is 15.0. The van der Waals surface area contributed by atoms with Crippen molar-refractivity contribution in [2.45, 2.75) is 19.0 Å². The summed E-state index contributed by atoms with van der Waals surface area (Å²) in [6.07, 6.45) is 0. The van der Waals surface area contributed by atoms with Crippen LogP contribution in [0, 0.1) is 0 Å². The van der Waals surface area contributed by atoms with Gasteiger partial charge in [-0.2, -0.15) is 0 Å². The molecule has 2 unspecified atom stereocenters. The largest absolute Gasteiger partial charge is 0.324 e. The summed E-state index contributed by atoms with van der Waals surface area (Å²) in [5, 5.41) is 7.38. The fraction of sp³-hybridized carbons (Fsp3) is 0.188. The van der Waals surface area contributed by atoms with E-state index in [1.54, 1.807) is 12.1 Å². The van der Waals surface area contributed by atoms with Gasteiger partial charge in [0, 0.05) is 27.3 Å². The number of nitrogens with one attached hydrogen (secondary N) is 2. The van der Waals surface area contributed by atoms with Gasteiger partial charge in [-0.1, -0.05) is 47.5 Å². The number of carbonyl (C=O) groups is 1. The van der Waals surface area contributed by atoms with E-state index in [1.807, 2.05) is 37.3 Å². The molecule has 2 aromatic carbocycles. The number of para-hydroxylation sites is 1. The molecule has 1 aliphatic heterocycles. The van der Waals surface area contributed by atoms with Crippen molar-refractivity contribution in [3.8, 4) is 0 Å². The molecule has 5 heteroatoms. The number of rotatable bonds is 3. The molecule has 0 bridgehead atoms. The third kappa shape index (κ3) is 2.77. The molecule has 0 fully saturated rings. The van der Waals surface area contributed by atoms with Crippen LogP contribution in [0.15, 0.2) is 42.5 Å². The van der Waals surface area contributed by atoms with Crippen LogP contribution in [-0.2, 0) is 4.79 Å². The highest BCUT2D eigenvalue weighted by Crippen LogP contribution is 2.33. The predicted octanol–water partition coefficient (Wildman–Crippen LogP) is 4.34. The minimum absolute atomic E-state index is 0.0480. The van der Waals surface area contributed by atoms with Gasteiger partial charge < -0.3 is 5.32 Å². The highest BCUT2D eigenvalue weighted by molar-refractivity contribution is 6.35. The van der Waals surface area contributed by atoms with Crippen LogP contribution in [0.1, 0.15) is 30.1 Å². The van der Waals surface area contributed by atoms with Crippen LogP contribution in [0.5, 0.6) is 0 Å². The number of hydrogen-bond acceptors (Lipinski definition) is 2. The molecule has 2 N–H and O–H groups in total. The summed E-state index contributed by atoms with van der Waals surface area (Å²) in [5.74, 6) is -0.0480. The number of benzene rings is 2. The van der Waals surface area contributed by atoms with Gasteiger partial charge in [0.15, 0.2) is 0 Å². The molecule has 21 heavy (non-hydrogen) atoms. The molecule has 0 saturated heterocycles. The molecule has 2 aromatic rings. The Morgan fingerprint density at radius 1 is 1.19 bits per heavy atom. The van der Waals surface area contributed by atoms with E-state index >= 15 is 0 Å². The van der Waals surface area contributed by atoms with Crippen LogP contribution in [0.3, 0.4) is 0 Å². The van der Waals surface area contributed by atoms with Crippen molar-refractivity contribution in [2.24, 2.45) is 0 Å². The van der Waals surface area contributed by atoms with E-state index in [4.69, 9.17) is 23.2 Å². The van der Waals surface area contributed by atoms with Crippen LogP contribution in [0.4, 0.5) is 5.69 Å². The first-order chi connectivity index (χ1) is 10.1. The van der Waals surface area contributed by atoms with Crippen molar-refractivity contribution in [1.29, 1.82) is 0 Å². The van der Waals surface area contributed by atoms with E-state index in [2.05, 4.69) is 10.6 Å². The molecular formula is C16H14Cl2N2O. The van der Waals surface area contributed by atoms with Gasteiger partial charge in [0.25, 0.3) is 0 Å². The van der Waals surface area contributed by atoms with E-state index in [-0.39, 0.29) is 18.0 Å². The van der Waals surface area contributed by atoms with Gasteiger partial charge >= 0.3 is 0 Å². The maximum Gasteiger partial charge on any atom is 0.246 e. The van der Waals surface area contributed by atoms with Gasteiger partial charge in [0.05, 0.1) is 0 Å². The molecule has 2 atom stereocenters. The minimum Gasteiger partial charge on any atom is -0.324 e. The Bertz CT molecular complexity index is 702. The fourth-order valence-corrected chi connectivity index (χ4v) is 3.14. The average molecular weight is 321 g/mol. The lowest BCUT2D eigenvalue weighted by atomic mass is 10.0. The number of anilines is 1. The second-order valence-corrected chi connectivity index (χ2v) is 5.91. The standard InChI is InChI=1S/C16H14Cl2N2O/c1-9(11-7-6-10(17)8-13(11)18)19-15-12-4-2-3-5-14(12)20-16(15)21/h2-9,15,19H,1H3,(H,20,21). The fourth-order valence-electron chi connectivity index (χ4n) is 2.57. The van der Waals surface area contributed by atoms with Crippen molar-refractivity contribution in [3.05, 3.63) is 63.6 Å². The molecule has 3 nitrogen and oxygen atoms in total. The molecule has 108 valence electrons. The van der Waals surface area contributed by atoms with Crippen LogP contribution in [-0.4, -0.2) is 5.91 Å². The third-order valence-corrected chi connectivity index (χ3v) is 4.20. The highest BCUT2D eigenvalue weighted by Gasteiger charge is 2.31. The SMILES string of the molecule is CC(NC1C(=O)Nc2ccccc21)c1ccc(Cl)cc1Cl. The lowest BCUT2D eigenvalue weighted by molar-refractivity contribution is -0.117. The maximum absolute atomic E-state index is 12.1. The van der Waals surface area contributed by atoms with E-state index < -0.39 is 0 Å². The monoisotopic (exact) mass is 320 g/mol. The van der Waals surface area contributed by atoms with E-state index in [9.17, 15) is 4.79 Å². The molecule has 1 heterocycles. The number of amides is 1. The lowest BCUT2D eigenvalue weighted by Crippen LogP contribution is -2.30. The van der Waals surface area contributed by atoms with Gasteiger partial charge in [-0.25, -0.2) is 0 Å². The number of fused-ring (bicyclic) bond motifs is 1. The highest BCUT2D eigenvalue weighted by atomic mass is 35.5. The summed E-state index contributed by atoms with van der Waals surface area (Å²) in [5.41, 5.74) is 2.73. The third-order valence-electron chi connectivity index (χ3n) is 3.64. The molecule has 0 spiro atoms. The second kappa shape index (κ2) is 5.68. The summed E-state index contributed by atoms with van der Waals surface area (Å²) in [7, 11) is 0. The summed E-state index contributed by atoms with van der Waals surface area (Å²) in [6, 6.07) is 12.6. The second-order valence-electron chi connectivity index (χ2n) is 5.06. The molecular weight excluding hydrogens is 307 g/mol. The van der Waals surface area contributed by atoms with Crippen LogP contribution in [0.25, 0.3) is 0 Å². The van der Waals surface area contributed by atoms with Crippen LogP contribution < -0.4 is 10.6 Å². The Labute approximate surface area is 133 Å². The number of hydrogen-bond donors (Lipinski definition) is 2. The van der Waals surface area contributed by atoms with Crippen molar-refractivity contribution in [1.82, 2.24) is 5.32 Å². The molecule has 3 rings (SSSR count). The Morgan fingerprint density at radius 3 is 2.71 bits per heavy atom. The molecule has 1 aliphatic rings. The quantitative estimate of drug-likeness (QED) is 0.883. The predicted molar refractivity (Wildman–Crippen MR) is 85.8 cm³/mol. The van der Waals surface area contributed by atoms with Crippen LogP contribution >= 0.6 is 23.2 Å². The van der Waals surface area contributed by atoms with Gasteiger partial charge in [-0.05, 0) is 30.7 Å². The lowest BCUT2D eigenvalue weighted by Gasteiger charge is -2.20. The Hall–Kier alpha value is -1.55. The zero-order valence-electron chi connectivity index (χ0n) is 11.4. The number of halogens is 2. The first-order valence-corrected chi connectivity index (χ1v) is 7.42. The Kier molecular flexibility index (Phi) is 3.89. The van der Waals surface area contributed by atoms with Crippen molar-refractivity contribution < 1.29 is 4.79 Å². The topological polar surface area (TPSA) is 41.1 Å². The van der Waals surface area contributed by atoms with E-state index in [0.717, 1.165) is 16.8 Å². The average Bonchev–Trinajstić information content (AvgIpc) is 2.75. The Morgan fingerprint density at radius 2 is 1.95 bits per heavy atom. The molecule has 0 aliphatic carbocycles. The summed E-state index contributed by atoms with van der Waals surface area (Å²) in [4.78, 5) is 12.1. The molecule has 0 aromatic heterocycles. The summed E-state index contributed by atoms with van der Waals surface area (Å²) < 4.78 is 0. The van der Waals surface area contributed by atoms with Crippen LogP contribution in [0.2, 0.25) is 10.0 Å². The smallest absolute Gasteiger partial charge is 0.246 e. The molecule has 0 radical (unpaired) electrons. The summed E-state index contributed by atoms with van der Waals surface area (Å²) >= 11 is 12.1. The normalized spacial score (nSPS) is 18.2. The van der Waals surface area contributed by atoms with Gasteiger partial charge in [-0.15, -0.1) is 0 Å². The van der Waals surface area contributed by atoms with E-state index in [1.165, 1.54) is 0 Å². The van der Waals surface area contributed by atoms with Gasteiger partial charge in [-0.3, -0.25) is 10.1 Å². The molecule has 1 amide bonds. The minimum atomic E-state index is -0.372. The summed E-state index contributed by atoms with van der Waals surface area (Å²) in [6.45, 7) is 1.98. The molecule has 0 saturated carbocycles. The van der Waals surface area contributed by atoms with Crippen molar-refractivity contribution in [2.75, 3.05) is 5.32 Å². The van der Waals surface area contributed by atoms with Gasteiger partial charge in [0.1, 0.15) is 6.04 Å². The maximum atomic E-state index is 12.1. The zero-order valence-corrected chi connectivity index (χ0v) is 12.9. The Balaban J connectivity index is 1.85. The van der Waals surface area contributed by atoms with E-state index in [0.29, 0.717) is 10.0 Å². The van der Waals surface area contributed by atoms with Crippen molar-refractivity contribution in [3.63, 3.8) is 0 Å². The number of carbonyl (C=O) groups excluding carboxylic acids is 1. The first kappa shape index (κ1) is 14.4.